The highest BCUT2D eigenvalue weighted by Gasteiger charge is 2.25. The van der Waals surface area contributed by atoms with Gasteiger partial charge in [-0.2, -0.15) is 0 Å². The van der Waals surface area contributed by atoms with E-state index in [0.29, 0.717) is 17.4 Å². The highest BCUT2D eigenvalue weighted by atomic mass is 16.7. The number of carboxylic acid groups (broad SMARTS) is 1. The van der Waals surface area contributed by atoms with Gasteiger partial charge in [-0.15, -0.1) is 0 Å². The predicted molar refractivity (Wildman–Crippen MR) is 345 cm³/mol. The summed E-state index contributed by atoms with van der Waals surface area (Å²) < 4.78 is 22.9. The van der Waals surface area contributed by atoms with Crippen LogP contribution in [0.1, 0.15) is 206 Å². The molecule has 0 saturated carbocycles. The first-order valence-corrected chi connectivity index (χ1v) is 31.3. The maximum Gasteiger partial charge on any atom is 0.361 e. The lowest BCUT2D eigenvalue weighted by Gasteiger charge is -2.25. The first-order valence-electron chi connectivity index (χ1n) is 31.3. The zero-order valence-corrected chi connectivity index (χ0v) is 51.6. The first kappa shape index (κ1) is 75.7. The topological polar surface area (TPSA) is 108 Å². The van der Waals surface area contributed by atoms with Crippen LogP contribution >= 0.6 is 0 Å². The van der Waals surface area contributed by atoms with Crippen molar-refractivity contribution in [1.82, 2.24) is 0 Å². The van der Waals surface area contributed by atoms with Crippen molar-refractivity contribution in [2.45, 2.75) is 219 Å². The highest BCUT2D eigenvalue weighted by Crippen LogP contribution is 2.14. The van der Waals surface area contributed by atoms with Gasteiger partial charge in [-0.3, -0.25) is 9.59 Å². The van der Waals surface area contributed by atoms with Gasteiger partial charge in [0.2, 0.25) is 0 Å². The summed E-state index contributed by atoms with van der Waals surface area (Å²) in [6.45, 7) is 4.58. The van der Waals surface area contributed by atoms with Crippen LogP contribution in [-0.2, 0) is 33.3 Å². The van der Waals surface area contributed by atoms with Gasteiger partial charge in [0.1, 0.15) is 13.2 Å². The quantitative estimate of drug-likeness (QED) is 0.0211. The number of carbonyl (C=O) groups is 3. The minimum Gasteiger partial charge on any atom is -0.477 e. The number of carboxylic acids is 1. The Morgan fingerprint density at radius 3 is 0.988 bits per heavy atom. The van der Waals surface area contributed by atoms with Crippen molar-refractivity contribution < 1.29 is 42.9 Å². The van der Waals surface area contributed by atoms with E-state index in [1.807, 2.05) is 21.1 Å². The van der Waals surface area contributed by atoms with Gasteiger partial charge < -0.3 is 28.5 Å². The molecule has 9 nitrogen and oxygen atoms in total. The van der Waals surface area contributed by atoms with Crippen molar-refractivity contribution >= 4 is 17.9 Å². The van der Waals surface area contributed by atoms with Crippen molar-refractivity contribution in [2.75, 3.05) is 47.5 Å². The Labute approximate surface area is 495 Å². The largest absolute Gasteiger partial charge is 0.477 e. The second-order valence-corrected chi connectivity index (χ2v) is 21.2. The van der Waals surface area contributed by atoms with Crippen molar-refractivity contribution in [1.29, 1.82) is 0 Å². The van der Waals surface area contributed by atoms with Crippen LogP contribution in [0.15, 0.2) is 170 Å². The van der Waals surface area contributed by atoms with Gasteiger partial charge in [0.25, 0.3) is 6.29 Å². The summed E-state index contributed by atoms with van der Waals surface area (Å²) in [5, 5.41) is 9.73. The Hall–Kier alpha value is -5.35. The molecule has 0 radical (unpaired) electrons. The van der Waals surface area contributed by atoms with E-state index >= 15 is 0 Å². The number of aliphatic carboxylic acids is 1. The average molecular weight is 1120 g/mol. The molecule has 0 saturated heterocycles. The fourth-order valence-electron chi connectivity index (χ4n) is 7.74. The molecule has 81 heavy (non-hydrogen) atoms. The SMILES string of the molecule is CC/C=C\C/C=C\C/C=C\C/C=C\C/C=C\C/C=C\C/C=C\C/C=C\CCCCCCC(=O)OC(COC(=O)CCCCCCCCCC/C=C\C/C=C\C/C=C\C/C=C\C/C=C\C/C=C\CC)COC(OCC[N+](C)(C)C)C(=O)O. The lowest BCUT2D eigenvalue weighted by molar-refractivity contribution is -0.870. The van der Waals surface area contributed by atoms with Crippen LogP contribution in [0.5, 0.6) is 0 Å². The molecule has 0 aliphatic heterocycles. The third-order valence-electron chi connectivity index (χ3n) is 12.5. The van der Waals surface area contributed by atoms with E-state index in [1.165, 1.54) is 25.7 Å². The van der Waals surface area contributed by atoms with Crippen molar-refractivity contribution in [3.8, 4) is 0 Å². The molecule has 0 spiro atoms. The summed E-state index contributed by atoms with van der Waals surface area (Å²) in [5.41, 5.74) is 0. The molecule has 1 N–H and O–H groups in total. The molecule has 2 atom stereocenters. The van der Waals surface area contributed by atoms with Crippen molar-refractivity contribution in [3.63, 3.8) is 0 Å². The fourth-order valence-corrected chi connectivity index (χ4v) is 7.74. The van der Waals surface area contributed by atoms with E-state index in [1.54, 1.807) is 0 Å². The number of nitrogens with zero attached hydrogens (tertiary/aromatic N) is 1. The minimum absolute atomic E-state index is 0.170. The Morgan fingerprint density at radius 1 is 0.370 bits per heavy atom. The number of unbranched alkanes of at least 4 members (excludes halogenated alkanes) is 12. The highest BCUT2D eigenvalue weighted by molar-refractivity contribution is 5.71. The van der Waals surface area contributed by atoms with Crippen LogP contribution in [0, 0.1) is 0 Å². The zero-order valence-electron chi connectivity index (χ0n) is 51.6. The molecule has 0 aliphatic carbocycles. The van der Waals surface area contributed by atoms with Gasteiger partial charge in [-0.05, 0) is 128 Å². The van der Waals surface area contributed by atoms with Gasteiger partial charge in [0.15, 0.2) is 6.10 Å². The molecule has 2 unspecified atom stereocenters. The standard InChI is InChI=1S/C72H113NO8/c1-6-8-10-12-14-16-18-20-22-24-26-28-30-32-34-35-37-39-41-43-45-47-49-51-53-55-57-59-61-63-70(75)81-68(67-80-72(71(76)77)78-65-64-73(3,4)5)66-79-69(74)62-60-58-56-54-52-50-48-46-44-42-40-38-36-33-31-29-27-25-23-21-19-17-15-13-11-9-7-2/h8-11,14-17,20-23,26-29,32-34,36-37,39-40,42-43,45,49,51,68,72H,6-7,12-13,18-19,24-25,30-31,35,38,41,44,46-48,50,52-67H2,1-5H3/p+1/b10-8-,11-9-,16-14-,17-15-,22-20-,23-21-,28-26-,29-27-,34-32-,36-33-,39-37-,42-40-,45-43-,51-49-. The first-order chi connectivity index (χ1) is 39.6. The zero-order chi connectivity index (χ0) is 59.1. The van der Waals surface area contributed by atoms with Crippen LogP contribution in [-0.4, -0.2) is 87.4 Å². The van der Waals surface area contributed by atoms with Crippen LogP contribution in [0.25, 0.3) is 0 Å². The number of allylic oxidation sites excluding steroid dienone is 28. The molecule has 0 heterocycles. The number of hydrogen-bond acceptors (Lipinski definition) is 7. The smallest absolute Gasteiger partial charge is 0.361 e. The third-order valence-corrected chi connectivity index (χ3v) is 12.5. The van der Waals surface area contributed by atoms with E-state index in [0.717, 1.165) is 148 Å². The predicted octanol–water partition coefficient (Wildman–Crippen LogP) is 19.1. The second-order valence-electron chi connectivity index (χ2n) is 21.2. The molecule has 0 rings (SSSR count). The van der Waals surface area contributed by atoms with E-state index in [2.05, 4.69) is 184 Å². The average Bonchev–Trinajstić information content (AvgIpc) is 3.44. The number of rotatable bonds is 55. The summed E-state index contributed by atoms with van der Waals surface area (Å²) >= 11 is 0. The van der Waals surface area contributed by atoms with Crippen molar-refractivity contribution in [2.24, 2.45) is 0 Å². The Balaban J connectivity index is 4.35. The van der Waals surface area contributed by atoms with Gasteiger partial charge in [-0.25, -0.2) is 4.79 Å². The number of likely N-dealkylation sites (N-methyl/N-ethyl adjacent to an activating group) is 1. The Morgan fingerprint density at radius 2 is 0.667 bits per heavy atom. The summed E-state index contributed by atoms with van der Waals surface area (Å²) in [6, 6.07) is 0. The normalized spacial score (nSPS) is 13.9. The van der Waals surface area contributed by atoms with Crippen LogP contribution in [0.3, 0.4) is 0 Å². The molecular weight excluding hydrogens is 1010 g/mol. The molecule has 454 valence electrons. The number of hydrogen-bond donors (Lipinski definition) is 1. The molecule has 0 aromatic heterocycles. The molecule has 0 aromatic rings. The van der Waals surface area contributed by atoms with Crippen LogP contribution in [0.2, 0.25) is 0 Å². The molecule has 0 bridgehead atoms. The summed E-state index contributed by atoms with van der Waals surface area (Å²) in [4.78, 5) is 37.5. The number of esters is 2. The Bertz CT molecular complexity index is 1930. The van der Waals surface area contributed by atoms with Crippen LogP contribution < -0.4 is 0 Å². The van der Waals surface area contributed by atoms with Gasteiger partial charge in [0, 0.05) is 12.8 Å². The number of quaternary nitrogens is 1. The van der Waals surface area contributed by atoms with E-state index in [4.69, 9.17) is 18.9 Å². The maximum atomic E-state index is 12.9. The molecule has 0 aliphatic rings. The fraction of sp³-hybridized carbons (Fsp3) is 0.569. The van der Waals surface area contributed by atoms with Gasteiger partial charge in [-0.1, -0.05) is 235 Å². The number of ether oxygens (including phenoxy) is 4. The summed E-state index contributed by atoms with van der Waals surface area (Å²) in [7, 11) is 5.94. The maximum absolute atomic E-state index is 12.9. The summed E-state index contributed by atoms with van der Waals surface area (Å²) in [6.07, 6.45) is 88.6. The molecule has 9 heteroatoms. The van der Waals surface area contributed by atoms with E-state index < -0.39 is 24.3 Å². The molecular formula is C72H114NO8+. The number of carbonyl (C=O) groups excluding carboxylic acids is 2. The van der Waals surface area contributed by atoms with Crippen LogP contribution in [0.4, 0.5) is 0 Å². The third kappa shape index (κ3) is 62.1. The Kier molecular flexibility index (Phi) is 56.7. The van der Waals surface area contributed by atoms with E-state index in [9.17, 15) is 19.5 Å². The van der Waals surface area contributed by atoms with Gasteiger partial charge >= 0.3 is 17.9 Å². The second kappa shape index (κ2) is 60.7. The molecule has 0 amide bonds. The lowest BCUT2D eigenvalue weighted by atomic mass is 10.1. The summed E-state index contributed by atoms with van der Waals surface area (Å²) in [5.74, 6) is -2.07. The van der Waals surface area contributed by atoms with E-state index in [-0.39, 0.29) is 38.6 Å². The van der Waals surface area contributed by atoms with Gasteiger partial charge in [0.05, 0.1) is 34.4 Å². The molecule has 0 fully saturated rings. The minimum atomic E-state index is -1.53. The molecule has 0 aromatic carbocycles. The van der Waals surface area contributed by atoms with Crippen molar-refractivity contribution in [3.05, 3.63) is 170 Å². The lowest BCUT2D eigenvalue weighted by Crippen LogP contribution is -2.40. The monoisotopic (exact) mass is 1120 g/mol.